The number of hydrogen-bond acceptors (Lipinski definition) is 4. The number of hydrogen-bond donors (Lipinski definition) is 0. The number of benzene rings is 1. The van der Waals surface area contributed by atoms with Crippen LogP contribution in [0.25, 0.3) is 11.1 Å². The summed E-state index contributed by atoms with van der Waals surface area (Å²) < 4.78 is 1.79. The van der Waals surface area contributed by atoms with Crippen LogP contribution in [0.3, 0.4) is 0 Å². The number of amides is 2. The Bertz CT molecular complexity index is 1090. The summed E-state index contributed by atoms with van der Waals surface area (Å²) in [4.78, 5) is 34.3. The quantitative estimate of drug-likeness (QED) is 0.580. The number of carbonyl (C=O) groups is 2. The Kier molecular flexibility index (Phi) is 6.87. The number of carbonyl (C=O) groups excluding carboxylic acids is 2. The number of nitrogens with zero attached hydrogens (tertiary/aromatic N) is 5. The van der Waals surface area contributed by atoms with E-state index in [9.17, 15) is 9.59 Å². The summed E-state index contributed by atoms with van der Waals surface area (Å²) in [6, 6.07) is 12.4. The van der Waals surface area contributed by atoms with E-state index < -0.39 is 0 Å². The highest BCUT2D eigenvalue weighted by molar-refractivity contribution is 5.94. The van der Waals surface area contributed by atoms with Crippen molar-refractivity contribution >= 4 is 11.8 Å². The van der Waals surface area contributed by atoms with Gasteiger partial charge in [0.25, 0.3) is 5.91 Å². The van der Waals surface area contributed by atoms with Crippen molar-refractivity contribution < 1.29 is 9.59 Å². The fraction of sp³-hybridized carbons (Fsp3) is 0.385. The van der Waals surface area contributed by atoms with E-state index in [-0.39, 0.29) is 23.8 Å². The minimum Gasteiger partial charge on any atom is -0.341 e. The standard InChI is InChI=1S/C26H31N5O2/c1-4-29-12-13-30(26(33)24-16-28-31(18-24)19(2)3)17-23(25(29)32)14-20-7-9-21(10-8-20)22-6-5-11-27-15-22/h5-11,15-16,18-19,23H,4,12-14,17H2,1-3H3. The minimum absolute atomic E-state index is 0.0652. The third-order valence-corrected chi connectivity index (χ3v) is 6.22. The van der Waals surface area contributed by atoms with Gasteiger partial charge in [-0.15, -0.1) is 0 Å². The van der Waals surface area contributed by atoms with Crippen LogP contribution in [-0.4, -0.2) is 62.6 Å². The molecule has 2 aromatic heterocycles. The molecular formula is C26H31N5O2. The summed E-state index contributed by atoms with van der Waals surface area (Å²) in [5.41, 5.74) is 3.80. The second-order valence-electron chi connectivity index (χ2n) is 8.81. The molecular weight excluding hydrogens is 414 g/mol. The lowest BCUT2D eigenvalue weighted by atomic mass is 9.96. The Balaban J connectivity index is 1.52. The van der Waals surface area contributed by atoms with Crippen molar-refractivity contribution in [2.45, 2.75) is 33.2 Å². The number of likely N-dealkylation sites (N-methyl/N-ethyl adjacent to an activating group) is 1. The molecule has 1 aliphatic rings. The highest BCUT2D eigenvalue weighted by Gasteiger charge is 2.32. The van der Waals surface area contributed by atoms with Gasteiger partial charge in [0, 0.05) is 50.8 Å². The van der Waals surface area contributed by atoms with Crippen LogP contribution in [0.1, 0.15) is 42.7 Å². The first-order valence-electron chi connectivity index (χ1n) is 11.6. The van der Waals surface area contributed by atoms with Gasteiger partial charge in [0.05, 0.1) is 17.7 Å². The van der Waals surface area contributed by atoms with Gasteiger partial charge in [-0.25, -0.2) is 0 Å². The summed E-state index contributed by atoms with van der Waals surface area (Å²) in [5.74, 6) is -0.229. The second-order valence-corrected chi connectivity index (χ2v) is 8.81. The van der Waals surface area contributed by atoms with Gasteiger partial charge in [-0.1, -0.05) is 30.3 Å². The SMILES string of the molecule is CCN1CCN(C(=O)c2cnn(C(C)C)c2)CC(Cc2ccc(-c3cccnc3)cc2)C1=O. The zero-order valence-electron chi connectivity index (χ0n) is 19.5. The van der Waals surface area contributed by atoms with Crippen LogP contribution in [0.5, 0.6) is 0 Å². The Morgan fingerprint density at radius 1 is 1.09 bits per heavy atom. The molecule has 1 saturated heterocycles. The maximum absolute atomic E-state index is 13.2. The molecule has 4 rings (SSSR count). The molecule has 1 atom stereocenters. The molecule has 3 heterocycles. The lowest BCUT2D eigenvalue weighted by Crippen LogP contribution is -2.37. The lowest BCUT2D eigenvalue weighted by Gasteiger charge is -2.23. The number of pyridine rings is 1. The first-order valence-corrected chi connectivity index (χ1v) is 11.6. The summed E-state index contributed by atoms with van der Waals surface area (Å²) in [6.45, 7) is 8.18. The molecule has 3 aromatic rings. The number of rotatable bonds is 6. The molecule has 0 bridgehead atoms. The predicted octanol–water partition coefficient (Wildman–Crippen LogP) is 3.69. The van der Waals surface area contributed by atoms with Gasteiger partial charge in [-0.05, 0) is 49.9 Å². The molecule has 33 heavy (non-hydrogen) atoms. The van der Waals surface area contributed by atoms with Gasteiger partial charge in [-0.3, -0.25) is 19.3 Å². The monoisotopic (exact) mass is 445 g/mol. The van der Waals surface area contributed by atoms with E-state index in [1.807, 2.05) is 48.9 Å². The first kappa shape index (κ1) is 22.7. The molecule has 1 aliphatic heterocycles. The summed E-state index contributed by atoms with van der Waals surface area (Å²) in [6.07, 6.45) is 7.61. The molecule has 0 radical (unpaired) electrons. The molecule has 1 unspecified atom stereocenters. The molecule has 7 nitrogen and oxygen atoms in total. The molecule has 0 N–H and O–H groups in total. The molecule has 0 saturated carbocycles. The van der Waals surface area contributed by atoms with E-state index in [4.69, 9.17) is 0 Å². The van der Waals surface area contributed by atoms with E-state index in [1.165, 1.54) is 0 Å². The van der Waals surface area contributed by atoms with Gasteiger partial charge in [0.2, 0.25) is 5.91 Å². The van der Waals surface area contributed by atoms with Gasteiger partial charge >= 0.3 is 0 Å². The fourth-order valence-corrected chi connectivity index (χ4v) is 4.26. The van der Waals surface area contributed by atoms with E-state index in [0.29, 0.717) is 38.2 Å². The van der Waals surface area contributed by atoms with Crippen LogP contribution in [0, 0.1) is 5.92 Å². The van der Waals surface area contributed by atoms with Crippen LogP contribution >= 0.6 is 0 Å². The topological polar surface area (TPSA) is 71.3 Å². The normalized spacial score (nSPS) is 16.8. The maximum Gasteiger partial charge on any atom is 0.257 e. The van der Waals surface area contributed by atoms with Gasteiger partial charge in [-0.2, -0.15) is 5.10 Å². The van der Waals surface area contributed by atoms with Crippen LogP contribution in [0.2, 0.25) is 0 Å². The van der Waals surface area contributed by atoms with Crippen molar-refractivity contribution in [1.29, 1.82) is 0 Å². The second kappa shape index (κ2) is 9.98. The van der Waals surface area contributed by atoms with Crippen molar-refractivity contribution in [3.63, 3.8) is 0 Å². The highest BCUT2D eigenvalue weighted by atomic mass is 16.2. The maximum atomic E-state index is 13.2. The van der Waals surface area contributed by atoms with Gasteiger partial charge < -0.3 is 9.80 Å². The molecule has 1 aromatic carbocycles. The summed E-state index contributed by atoms with van der Waals surface area (Å²) in [7, 11) is 0. The molecule has 0 spiro atoms. The molecule has 1 fully saturated rings. The van der Waals surface area contributed by atoms with Crippen molar-refractivity contribution in [2.75, 3.05) is 26.2 Å². The average molecular weight is 446 g/mol. The van der Waals surface area contributed by atoms with E-state index in [1.54, 1.807) is 23.3 Å². The van der Waals surface area contributed by atoms with Crippen molar-refractivity contribution in [1.82, 2.24) is 24.6 Å². The first-order chi connectivity index (χ1) is 16.0. The Labute approximate surface area is 195 Å². The van der Waals surface area contributed by atoms with Crippen molar-refractivity contribution in [3.05, 3.63) is 72.3 Å². The predicted molar refractivity (Wildman–Crippen MR) is 128 cm³/mol. The highest BCUT2D eigenvalue weighted by Crippen LogP contribution is 2.22. The Morgan fingerprint density at radius 2 is 1.88 bits per heavy atom. The Morgan fingerprint density at radius 3 is 2.52 bits per heavy atom. The third-order valence-electron chi connectivity index (χ3n) is 6.22. The van der Waals surface area contributed by atoms with Gasteiger partial charge in [0.15, 0.2) is 0 Å². The van der Waals surface area contributed by atoms with Crippen molar-refractivity contribution in [3.8, 4) is 11.1 Å². The minimum atomic E-state index is -0.277. The van der Waals surface area contributed by atoms with E-state index in [0.717, 1.165) is 16.7 Å². The molecule has 2 amide bonds. The average Bonchev–Trinajstić information content (AvgIpc) is 3.28. The largest absolute Gasteiger partial charge is 0.341 e. The van der Waals surface area contributed by atoms with E-state index >= 15 is 0 Å². The lowest BCUT2D eigenvalue weighted by molar-refractivity contribution is -0.134. The van der Waals surface area contributed by atoms with Crippen LogP contribution in [0.15, 0.2) is 61.2 Å². The third kappa shape index (κ3) is 5.13. The van der Waals surface area contributed by atoms with Crippen molar-refractivity contribution in [2.24, 2.45) is 5.92 Å². The zero-order valence-corrected chi connectivity index (χ0v) is 19.5. The van der Waals surface area contributed by atoms with Crippen LogP contribution in [0.4, 0.5) is 0 Å². The zero-order chi connectivity index (χ0) is 23.4. The Hall–Kier alpha value is -3.48. The smallest absolute Gasteiger partial charge is 0.257 e. The summed E-state index contributed by atoms with van der Waals surface area (Å²) >= 11 is 0. The van der Waals surface area contributed by atoms with E-state index in [2.05, 4.69) is 34.3 Å². The molecule has 0 aliphatic carbocycles. The van der Waals surface area contributed by atoms with Crippen LogP contribution < -0.4 is 0 Å². The summed E-state index contributed by atoms with van der Waals surface area (Å²) in [5, 5.41) is 4.31. The van der Waals surface area contributed by atoms with Crippen LogP contribution in [-0.2, 0) is 11.2 Å². The number of aromatic nitrogens is 3. The fourth-order valence-electron chi connectivity index (χ4n) is 4.26. The molecule has 7 heteroatoms. The molecule has 172 valence electrons. The van der Waals surface area contributed by atoms with Gasteiger partial charge in [0.1, 0.15) is 0 Å².